The van der Waals surface area contributed by atoms with Crippen LogP contribution in [0.25, 0.3) is 0 Å². The molecule has 0 bridgehead atoms. The predicted octanol–water partition coefficient (Wildman–Crippen LogP) is 3.75. The lowest BCUT2D eigenvalue weighted by atomic mass is 10.2. The van der Waals surface area contributed by atoms with Crippen molar-refractivity contribution in [3.63, 3.8) is 0 Å². The fraction of sp³-hybridized carbons (Fsp3) is 0.160. The van der Waals surface area contributed by atoms with E-state index in [1.807, 2.05) is 0 Å². The number of ether oxygens (including phenoxy) is 4. The number of benzene rings is 3. The van der Waals surface area contributed by atoms with Gasteiger partial charge in [-0.3, -0.25) is 14.9 Å². The molecule has 0 radical (unpaired) electrons. The van der Waals surface area contributed by atoms with E-state index in [2.05, 4.69) is 10.5 Å². The van der Waals surface area contributed by atoms with E-state index in [1.54, 1.807) is 36.4 Å². The molecule has 3 rings (SSSR count). The van der Waals surface area contributed by atoms with Gasteiger partial charge in [-0.25, -0.2) is 10.2 Å². The molecule has 36 heavy (non-hydrogen) atoms. The third-order valence-electron chi connectivity index (χ3n) is 4.83. The number of carbonyl (C=O) groups excluding carboxylic acids is 2. The van der Waals surface area contributed by atoms with Gasteiger partial charge in [0, 0.05) is 12.1 Å². The Hall–Kier alpha value is -4.93. The number of nitrogens with one attached hydrogen (secondary N) is 1. The molecule has 0 saturated carbocycles. The average Bonchev–Trinajstić information content (AvgIpc) is 2.89. The van der Waals surface area contributed by atoms with Crippen LogP contribution >= 0.6 is 0 Å². The van der Waals surface area contributed by atoms with Crippen molar-refractivity contribution in [2.75, 3.05) is 14.2 Å². The van der Waals surface area contributed by atoms with E-state index in [0.717, 1.165) is 0 Å². The minimum Gasteiger partial charge on any atom is -0.493 e. The fourth-order valence-corrected chi connectivity index (χ4v) is 2.92. The lowest BCUT2D eigenvalue weighted by Gasteiger charge is -2.12. The molecule has 11 nitrogen and oxygen atoms in total. The summed E-state index contributed by atoms with van der Waals surface area (Å²) < 4.78 is 21.2. The van der Waals surface area contributed by atoms with Crippen LogP contribution in [0.1, 0.15) is 22.8 Å². The first-order valence-electron chi connectivity index (χ1n) is 10.6. The number of methoxy groups -OCH3 is 2. The highest BCUT2D eigenvalue weighted by atomic mass is 16.6. The van der Waals surface area contributed by atoms with Crippen molar-refractivity contribution in [1.29, 1.82) is 0 Å². The highest BCUT2D eigenvalue weighted by Crippen LogP contribution is 2.28. The Kier molecular flexibility index (Phi) is 8.54. The Balaban J connectivity index is 1.51. The van der Waals surface area contributed by atoms with E-state index in [1.165, 1.54) is 57.7 Å². The summed E-state index contributed by atoms with van der Waals surface area (Å²) in [4.78, 5) is 34.8. The fourth-order valence-electron chi connectivity index (χ4n) is 2.92. The number of non-ortho nitro benzene ring substituents is 1. The minimum atomic E-state index is -0.887. The number of hydrogen-bond donors (Lipinski definition) is 1. The van der Waals surface area contributed by atoms with Gasteiger partial charge in [-0.05, 0) is 67.1 Å². The molecular weight excluding hydrogens is 470 g/mol. The normalized spacial score (nSPS) is 11.4. The van der Waals surface area contributed by atoms with Crippen molar-refractivity contribution in [3.05, 3.63) is 88.0 Å². The molecule has 11 heteroatoms. The second kappa shape index (κ2) is 12.0. The summed E-state index contributed by atoms with van der Waals surface area (Å²) in [5, 5.41) is 14.6. The molecule has 0 unspecified atom stereocenters. The Morgan fingerprint density at radius 2 is 1.58 bits per heavy atom. The number of hydrogen-bond acceptors (Lipinski definition) is 9. The summed E-state index contributed by atoms with van der Waals surface area (Å²) in [6.07, 6.45) is 0.526. The maximum absolute atomic E-state index is 12.4. The quantitative estimate of drug-likeness (QED) is 0.148. The van der Waals surface area contributed by atoms with Crippen LogP contribution in [0.2, 0.25) is 0 Å². The van der Waals surface area contributed by atoms with Crippen LogP contribution in [-0.2, 0) is 4.79 Å². The minimum absolute atomic E-state index is 0.0780. The van der Waals surface area contributed by atoms with Gasteiger partial charge in [-0.1, -0.05) is 0 Å². The molecule has 0 aliphatic carbocycles. The van der Waals surface area contributed by atoms with Gasteiger partial charge in [0.15, 0.2) is 17.6 Å². The molecule has 0 aliphatic heterocycles. The molecule has 0 aliphatic rings. The molecule has 0 saturated heterocycles. The lowest BCUT2D eigenvalue weighted by molar-refractivity contribution is -0.384. The molecule has 3 aromatic carbocycles. The third-order valence-corrected chi connectivity index (χ3v) is 4.83. The largest absolute Gasteiger partial charge is 0.493 e. The second-order valence-electron chi connectivity index (χ2n) is 7.27. The van der Waals surface area contributed by atoms with E-state index < -0.39 is 22.9 Å². The number of esters is 1. The average molecular weight is 493 g/mol. The molecule has 0 aromatic heterocycles. The smallest absolute Gasteiger partial charge is 0.343 e. The van der Waals surface area contributed by atoms with Gasteiger partial charge in [0.25, 0.3) is 11.6 Å². The van der Waals surface area contributed by atoms with E-state index in [4.69, 9.17) is 18.9 Å². The van der Waals surface area contributed by atoms with Gasteiger partial charge in [-0.15, -0.1) is 0 Å². The number of nitro benzene ring substituents is 1. The molecule has 0 heterocycles. The van der Waals surface area contributed by atoms with Gasteiger partial charge in [0.2, 0.25) is 0 Å². The zero-order valence-corrected chi connectivity index (χ0v) is 19.7. The Morgan fingerprint density at radius 1 is 0.944 bits per heavy atom. The van der Waals surface area contributed by atoms with E-state index in [-0.39, 0.29) is 5.69 Å². The van der Waals surface area contributed by atoms with Crippen molar-refractivity contribution in [2.45, 2.75) is 13.0 Å². The number of nitrogens with zero attached hydrogens (tertiary/aromatic N) is 2. The van der Waals surface area contributed by atoms with Gasteiger partial charge in [-0.2, -0.15) is 5.10 Å². The molecule has 186 valence electrons. The maximum Gasteiger partial charge on any atom is 0.343 e. The van der Waals surface area contributed by atoms with E-state index in [9.17, 15) is 19.7 Å². The molecule has 3 aromatic rings. The van der Waals surface area contributed by atoms with Gasteiger partial charge < -0.3 is 18.9 Å². The summed E-state index contributed by atoms with van der Waals surface area (Å²) in [5.41, 5.74) is 3.22. The van der Waals surface area contributed by atoms with Crippen LogP contribution < -0.4 is 24.4 Å². The zero-order valence-electron chi connectivity index (χ0n) is 19.7. The van der Waals surface area contributed by atoms with E-state index >= 15 is 0 Å². The third kappa shape index (κ3) is 6.79. The van der Waals surface area contributed by atoms with Crippen molar-refractivity contribution < 1.29 is 33.5 Å². The van der Waals surface area contributed by atoms with Crippen LogP contribution in [-0.4, -0.2) is 43.3 Å². The first-order chi connectivity index (χ1) is 17.3. The first-order valence-corrected chi connectivity index (χ1v) is 10.6. The highest BCUT2D eigenvalue weighted by Gasteiger charge is 2.15. The summed E-state index contributed by atoms with van der Waals surface area (Å²) in [5.74, 6) is 0.466. The molecular formula is C25H23N3O8. The monoisotopic (exact) mass is 493 g/mol. The van der Waals surface area contributed by atoms with E-state index in [0.29, 0.717) is 34.1 Å². The molecule has 1 N–H and O–H groups in total. The van der Waals surface area contributed by atoms with Crippen molar-refractivity contribution >= 4 is 23.8 Å². The van der Waals surface area contributed by atoms with Crippen molar-refractivity contribution in [3.8, 4) is 23.0 Å². The van der Waals surface area contributed by atoms with Crippen LogP contribution in [0.3, 0.4) is 0 Å². The summed E-state index contributed by atoms with van der Waals surface area (Å²) in [6, 6.07) is 16.6. The second-order valence-corrected chi connectivity index (χ2v) is 7.27. The Labute approximate surface area is 206 Å². The van der Waals surface area contributed by atoms with Crippen LogP contribution in [0.5, 0.6) is 23.0 Å². The first kappa shape index (κ1) is 25.7. The van der Waals surface area contributed by atoms with Gasteiger partial charge in [0.05, 0.1) is 30.9 Å². The molecule has 0 fully saturated rings. The predicted molar refractivity (Wildman–Crippen MR) is 130 cm³/mol. The van der Waals surface area contributed by atoms with Gasteiger partial charge in [0.1, 0.15) is 11.5 Å². The van der Waals surface area contributed by atoms with Crippen LogP contribution in [0.4, 0.5) is 5.69 Å². The number of carbonyl (C=O) groups is 2. The number of hydrazone groups is 1. The summed E-state index contributed by atoms with van der Waals surface area (Å²) in [7, 11) is 2.98. The SMILES string of the molecule is COc1ccc(C(=O)Oc2ccc(/C=N\NC(=O)[C@H](C)Oc3ccc([N+](=O)[O-])cc3)cc2)cc1OC. The zero-order chi connectivity index (χ0) is 26.1. The lowest BCUT2D eigenvalue weighted by Crippen LogP contribution is -2.33. The number of amides is 1. The molecule has 1 amide bonds. The van der Waals surface area contributed by atoms with Crippen molar-refractivity contribution in [2.24, 2.45) is 5.10 Å². The highest BCUT2D eigenvalue weighted by molar-refractivity contribution is 5.92. The van der Waals surface area contributed by atoms with Crippen LogP contribution in [0.15, 0.2) is 71.8 Å². The summed E-state index contributed by atoms with van der Waals surface area (Å²) in [6.45, 7) is 1.52. The topological polar surface area (TPSA) is 139 Å². The van der Waals surface area contributed by atoms with Crippen molar-refractivity contribution in [1.82, 2.24) is 5.43 Å². The summed E-state index contributed by atoms with van der Waals surface area (Å²) >= 11 is 0. The maximum atomic E-state index is 12.4. The standard InChI is InChI=1S/C25H23N3O8/c1-16(35-20-11-7-19(8-12-20)28(31)32)24(29)27-26-15-17-4-9-21(10-5-17)36-25(30)18-6-13-22(33-2)23(14-18)34-3/h4-16H,1-3H3,(H,27,29)/b26-15-/t16-/m0/s1. The van der Waals surface area contributed by atoms with Gasteiger partial charge >= 0.3 is 5.97 Å². The molecule has 1 atom stereocenters. The number of nitro groups is 1. The number of rotatable bonds is 10. The Bertz CT molecular complexity index is 1260. The van der Waals surface area contributed by atoms with Crippen LogP contribution in [0, 0.1) is 10.1 Å². The molecule has 0 spiro atoms. The Morgan fingerprint density at radius 3 is 2.19 bits per heavy atom.